The molecule has 4 heteroatoms. The minimum absolute atomic E-state index is 0.312. The first-order valence-electron chi connectivity index (χ1n) is 4.66. The monoisotopic (exact) mass is 212 g/mol. The zero-order valence-electron chi connectivity index (χ0n) is 8.76. The van der Waals surface area contributed by atoms with Crippen LogP contribution in [0.1, 0.15) is 28.3 Å². The molecule has 1 atom stereocenters. The molecule has 1 amide bonds. The van der Waals surface area contributed by atoms with E-state index in [1.807, 2.05) is 26.8 Å². The first-order chi connectivity index (χ1) is 6.56. The molecular weight excluding hydrogens is 196 g/mol. The molecule has 1 unspecified atom stereocenters. The van der Waals surface area contributed by atoms with Crippen LogP contribution < -0.4 is 11.1 Å². The minimum Gasteiger partial charge on any atom is -0.368 e. The number of nitrogens with one attached hydrogen (secondary N) is 1. The topological polar surface area (TPSA) is 55.1 Å². The second-order valence-electron chi connectivity index (χ2n) is 3.26. The van der Waals surface area contributed by atoms with Crippen molar-refractivity contribution in [2.75, 3.05) is 6.54 Å². The molecule has 0 aromatic carbocycles. The lowest BCUT2D eigenvalue weighted by molar-refractivity contribution is -0.120. The molecule has 1 aromatic heterocycles. The van der Waals surface area contributed by atoms with Gasteiger partial charge in [0.2, 0.25) is 5.91 Å². The predicted octanol–water partition coefficient (Wildman–Crippen LogP) is 1.50. The molecule has 78 valence electrons. The standard InChI is InChI=1S/C10H16N2OS/c1-4-12-9(10(11)13)8-5-6(2)14-7(8)3/h5,9,12H,4H2,1-3H3,(H2,11,13). The second kappa shape index (κ2) is 4.57. The first-order valence-corrected chi connectivity index (χ1v) is 5.47. The molecule has 1 aromatic rings. The van der Waals surface area contributed by atoms with E-state index in [1.54, 1.807) is 11.3 Å². The highest BCUT2D eigenvalue weighted by Crippen LogP contribution is 2.26. The van der Waals surface area contributed by atoms with Crippen molar-refractivity contribution in [1.82, 2.24) is 5.32 Å². The van der Waals surface area contributed by atoms with Crippen LogP contribution in [0.5, 0.6) is 0 Å². The van der Waals surface area contributed by atoms with Gasteiger partial charge in [0.15, 0.2) is 0 Å². The summed E-state index contributed by atoms with van der Waals surface area (Å²) >= 11 is 1.69. The van der Waals surface area contributed by atoms with Crippen LogP contribution in [0.15, 0.2) is 6.07 Å². The summed E-state index contributed by atoms with van der Waals surface area (Å²) in [7, 11) is 0. The Morgan fingerprint density at radius 1 is 1.64 bits per heavy atom. The third-order valence-corrected chi connectivity index (χ3v) is 3.06. The second-order valence-corrected chi connectivity index (χ2v) is 4.72. The third kappa shape index (κ3) is 2.33. The zero-order valence-corrected chi connectivity index (χ0v) is 9.57. The van der Waals surface area contributed by atoms with Gasteiger partial charge in [0.25, 0.3) is 0 Å². The average Bonchev–Trinajstić information content (AvgIpc) is 2.40. The molecule has 0 aliphatic heterocycles. The van der Waals surface area contributed by atoms with E-state index in [0.29, 0.717) is 0 Å². The van der Waals surface area contributed by atoms with Crippen molar-refractivity contribution < 1.29 is 4.79 Å². The van der Waals surface area contributed by atoms with E-state index in [9.17, 15) is 4.79 Å². The van der Waals surface area contributed by atoms with E-state index >= 15 is 0 Å². The number of nitrogens with two attached hydrogens (primary N) is 1. The van der Waals surface area contributed by atoms with Crippen LogP contribution >= 0.6 is 11.3 Å². The summed E-state index contributed by atoms with van der Waals surface area (Å²) in [5.41, 5.74) is 6.35. The van der Waals surface area contributed by atoms with E-state index < -0.39 is 0 Å². The number of amides is 1. The SMILES string of the molecule is CCNC(C(N)=O)c1cc(C)sc1C. The van der Waals surface area contributed by atoms with Crippen molar-refractivity contribution in [3.8, 4) is 0 Å². The summed E-state index contributed by atoms with van der Waals surface area (Å²) in [6, 6.07) is 1.68. The molecule has 0 radical (unpaired) electrons. The Bertz CT molecular complexity index is 333. The highest BCUT2D eigenvalue weighted by Gasteiger charge is 2.19. The Morgan fingerprint density at radius 3 is 2.64 bits per heavy atom. The Balaban J connectivity index is 2.98. The molecular formula is C10H16N2OS. The summed E-state index contributed by atoms with van der Waals surface area (Å²) in [5, 5.41) is 3.08. The van der Waals surface area contributed by atoms with E-state index in [1.165, 1.54) is 4.88 Å². The summed E-state index contributed by atoms with van der Waals surface area (Å²) in [6.07, 6.45) is 0. The molecule has 0 spiro atoms. The van der Waals surface area contributed by atoms with Crippen molar-refractivity contribution in [3.63, 3.8) is 0 Å². The van der Waals surface area contributed by atoms with Gasteiger partial charge in [-0.1, -0.05) is 6.92 Å². The predicted molar refractivity (Wildman–Crippen MR) is 59.4 cm³/mol. The van der Waals surface area contributed by atoms with Gasteiger partial charge in [0.1, 0.15) is 6.04 Å². The summed E-state index contributed by atoms with van der Waals surface area (Å²) in [5.74, 6) is -0.312. The Morgan fingerprint density at radius 2 is 2.29 bits per heavy atom. The molecule has 0 bridgehead atoms. The van der Waals surface area contributed by atoms with Gasteiger partial charge in [-0.25, -0.2) is 0 Å². The van der Waals surface area contributed by atoms with Crippen LogP contribution in [0.3, 0.4) is 0 Å². The number of carbonyl (C=O) groups is 1. The third-order valence-electron chi connectivity index (χ3n) is 2.08. The first kappa shape index (κ1) is 11.2. The van der Waals surface area contributed by atoms with Crippen molar-refractivity contribution >= 4 is 17.2 Å². The number of rotatable bonds is 4. The lowest BCUT2D eigenvalue weighted by atomic mass is 10.1. The number of likely N-dealkylation sites (N-methyl/N-ethyl adjacent to an activating group) is 1. The average molecular weight is 212 g/mol. The van der Waals surface area contributed by atoms with E-state index in [-0.39, 0.29) is 11.9 Å². The molecule has 0 saturated heterocycles. The Hall–Kier alpha value is -0.870. The molecule has 0 aliphatic rings. The highest BCUT2D eigenvalue weighted by atomic mass is 32.1. The maximum Gasteiger partial charge on any atom is 0.239 e. The minimum atomic E-state index is -0.343. The van der Waals surface area contributed by atoms with Crippen LogP contribution in [0.25, 0.3) is 0 Å². The van der Waals surface area contributed by atoms with Gasteiger partial charge in [0, 0.05) is 9.75 Å². The van der Waals surface area contributed by atoms with Gasteiger partial charge in [-0.05, 0) is 32.0 Å². The molecule has 0 aliphatic carbocycles. The van der Waals surface area contributed by atoms with Crippen LogP contribution in [0.2, 0.25) is 0 Å². The molecule has 0 saturated carbocycles. The lowest BCUT2D eigenvalue weighted by Gasteiger charge is -2.13. The number of hydrogen-bond donors (Lipinski definition) is 2. The van der Waals surface area contributed by atoms with Crippen LogP contribution in [-0.2, 0) is 4.79 Å². The lowest BCUT2D eigenvalue weighted by Crippen LogP contribution is -2.33. The van der Waals surface area contributed by atoms with Gasteiger partial charge in [-0.3, -0.25) is 4.79 Å². The smallest absolute Gasteiger partial charge is 0.239 e. The maximum atomic E-state index is 11.2. The Kier molecular flexibility index (Phi) is 3.66. The fourth-order valence-corrected chi connectivity index (χ4v) is 2.47. The number of hydrogen-bond acceptors (Lipinski definition) is 3. The largest absolute Gasteiger partial charge is 0.368 e. The van der Waals surface area contributed by atoms with E-state index in [4.69, 9.17) is 5.73 Å². The van der Waals surface area contributed by atoms with Crippen molar-refractivity contribution in [2.45, 2.75) is 26.8 Å². The number of aryl methyl sites for hydroxylation is 2. The van der Waals surface area contributed by atoms with Crippen LogP contribution in [-0.4, -0.2) is 12.5 Å². The molecule has 3 nitrogen and oxygen atoms in total. The van der Waals surface area contributed by atoms with Crippen molar-refractivity contribution in [3.05, 3.63) is 21.4 Å². The van der Waals surface area contributed by atoms with Crippen LogP contribution in [0, 0.1) is 13.8 Å². The quantitative estimate of drug-likeness (QED) is 0.794. The number of carbonyl (C=O) groups excluding carboxylic acids is 1. The molecule has 3 N–H and O–H groups in total. The van der Waals surface area contributed by atoms with Crippen molar-refractivity contribution in [1.29, 1.82) is 0 Å². The van der Waals surface area contributed by atoms with Gasteiger partial charge < -0.3 is 11.1 Å². The molecule has 1 heterocycles. The van der Waals surface area contributed by atoms with Gasteiger partial charge >= 0.3 is 0 Å². The van der Waals surface area contributed by atoms with Gasteiger partial charge in [-0.2, -0.15) is 0 Å². The normalized spacial score (nSPS) is 12.8. The fraction of sp³-hybridized carbons (Fsp3) is 0.500. The van der Waals surface area contributed by atoms with Gasteiger partial charge in [0.05, 0.1) is 0 Å². The molecule has 0 fully saturated rings. The summed E-state index contributed by atoms with van der Waals surface area (Å²) in [6.45, 7) is 6.75. The van der Waals surface area contributed by atoms with Crippen molar-refractivity contribution in [2.24, 2.45) is 5.73 Å². The fourth-order valence-electron chi connectivity index (χ4n) is 1.51. The molecule has 1 rings (SSSR count). The van der Waals surface area contributed by atoms with Gasteiger partial charge in [-0.15, -0.1) is 11.3 Å². The summed E-state index contributed by atoms with van der Waals surface area (Å²) in [4.78, 5) is 13.6. The van der Waals surface area contributed by atoms with E-state index in [2.05, 4.69) is 5.32 Å². The Labute approximate surface area is 88.3 Å². The number of thiophene rings is 1. The van der Waals surface area contributed by atoms with Crippen LogP contribution in [0.4, 0.5) is 0 Å². The maximum absolute atomic E-state index is 11.2. The number of primary amides is 1. The van der Waals surface area contributed by atoms with E-state index in [0.717, 1.165) is 17.0 Å². The zero-order chi connectivity index (χ0) is 10.7. The molecule has 14 heavy (non-hydrogen) atoms. The summed E-state index contributed by atoms with van der Waals surface area (Å²) < 4.78 is 0. The highest BCUT2D eigenvalue weighted by molar-refractivity contribution is 7.12.